The topological polar surface area (TPSA) is 109 Å². The number of thioether (sulfide) groups is 1. The number of carbonyl (C=O) groups is 3. The van der Waals surface area contributed by atoms with Crippen LogP contribution >= 0.6 is 11.8 Å². The fraction of sp³-hybridized carbons (Fsp3) is 0.700. The van der Waals surface area contributed by atoms with Crippen molar-refractivity contribution in [2.24, 2.45) is 11.7 Å². The molecular weight excluding hydrogens is 244 g/mol. The number of primary amides is 1. The van der Waals surface area contributed by atoms with Gasteiger partial charge in [-0.15, -0.1) is 0 Å². The lowest BCUT2D eigenvalue weighted by atomic mass is 10.1. The Balaban J connectivity index is 2.44. The van der Waals surface area contributed by atoms with Gasteiger partial charge in [-0.25, -0.2) is 4.79 Å². The molecule has 2 amide bonds. The summed E-state index contributed by atoms with van der Waals surface area (Å²) in [6.07, 6.45) is 0.769. The molecule has 0 saturated carbocycles. The van der Waals surface area contributed by atoms with E-state index in [0.29, 0.717) is 0 Å². The minimum absolute atomic E-state index is 0.0380. The van der Waals surface area contributed by atoms with E-state index < -0.39 is 17.9 Å². The van der Waals surface area contributed by atoms with Crippen molar-refractivity contribution in [2.75, 3.05) is 11.5 Å². The van der Waals surface area contributed by atoms with Gasteiger partial charge in [-0.2, -0.15) is 11.8 Å². The molecule has 1 saturated heterocycles. The van der Waals surface area contributed by atoms with Gasteiger partial charge in [0, 0.05) is 18.1 Å². The minimum atomic E-state index is -1.13. The molecule has 0 spiro atoms. The predicted molar refractivity (Wildman–Crippen MR) is 63.4 cm³/mol. The average molecular weight is 260 g/mol. The van der Waals surface area contributed by atoms with E-state index in [0.717, 1.165) is 17.9 Å². The van der Waals surface area contributed by atoms with Crippen LogP contribution in [0.5, 0.6) is 0 Å². The van der Waals surface area contributed by atoms with Gasteiger partial charge < -0.3 is 16.2 Å². The summed E-state index contributed by atoms with van der Waals surface area (Å²) in [6, 6.07) is -1.03. The largest absolute Gasteiger partial charge is 0.480 e. The summed E-state index contributed by atoms with van der Waals surface area (Å²) in [5.74, 6) is -0.403. The highest BCUT2D eigenvalue weighted by Gasteiger charge is 2.27. The van der Waals surface area contributed by atoms with Gasteiger partial charge in [-0.05, 0) is 18.6 Å². The second kappa shape index (κ2) is 6.48. The summed E-state index contributed by atoms with van der Waals surface area (Å²) in [4.78, 5) is 33.2. The maximum absolute atomic E-state index is 11.7. The Hall–Kier alpha value is -1.24. The quantitative estimate of drug-likeness (QED) is 0.600. The summed E-state index contributed by atoms with van der Waals surface area (Å²) >= 11 is 1.68. The summed E-state index contributed by atoms with van der Waals surface area (Å²) in [5, 5.41) is 11.4. The van der Waals surface area contributed by atoms with Gasteiger partial charge in [0.1, 0.15) is 6.04 Å². The second-order valence-electron chi connectivity index (χ2n) is 3.96. The Morgan fingerprint density at radius 3 is 2.65 bits per heavy atom. The molecule has 96 valence electrons. The molecular formula is C10H16N2O4S. The third kappa shape index (κ3) is 4.64. The number of nitrogens with two attached hydrogens (primary N) is 1. The normalized spacial score (nSPS) is 20.8. The number of carboxylic acids is 1. The first kappa shape index (κ1) is 13.8. The Labute approximate surface area is 103 Å². The van der Waals surface area contributed by atoms with Gasteiger partial charge in [-0.1, -0.05) is 0 Å². The van der Waals surface area contributed by atoms with Crippen molar-refractivity contribution < 1.29 is 19.5 Å². The molecule has 0 aromatic carbocycles. The van der Waals surface area contributed by atoms with Crippen LogP contribution in [0.2, 0.25) is 0 Å². The summed E-state index contributed by atoms with van der Waals surface area (Å²) in [7, 11) is 0. The van der Waals surface area contributed by atoms with Crippen molar-refractivity contribution >= 4 is 29.5 Å². The molecule has 2 unspecified atom stereocenters. The Bertz CT molecular complexity index is 315. The van der Waals surface area contributed by atoms with Gasteiger partial charge in [0.2, 0.25) is 11.8 Å². The van der Waals surface area contributed by atoms with Crippen LogP contribution in [0.1, 0.15) is 19.3 Å². The number of rotatable bonds is 6. The Morgan fingerprint density at radius 2 is 2.18 bits per heavy atom. The first-order valence-corrected chi connectivity index (χ1v) is 6.55. The first-order chi connectivity index (χ1) is 8.00. The number of nitrogens with one attached hydrogen (secondary N) is 1. The molecule has 0 aliphatic carbocycles. The molecule has 2 atom stereocenters. The maximum atomic E-state index is 11.7. The van der Waals surface area contributed by atoms with E-state index in [9.17, 15) is 14.4 Å². The van der Waals surface area contributed by atoms with Crippen LogP contribution in [0.25, 0.3) is 0 Å². The van der Waals surface area contributed by atoms with E-state index >= 15 is 0 Å². The molecule has 1 heterocycles. The third-order valence-electron chi connectivity index (χ3n) is 2.59. The van der Waals surface area contributed by atoms with E-state index in [-0.39, 0.29) is 24.7 Å². The van der Waals surface area contributed by atoms with Crippen LogP contribution in [-0.4, -0.2) is 40.4 Å². The van der Waals surface area contributed by atoms with E-state index in [2.05, 4.69) is 5.32 Å². The van der Waals surface area contributed by atoms with Gasteiger partial charge in [-0.3, -0.25) is 9.59 Å². The van der Waals surface area contributed by atoms with Gasteiger partial charge in [0.05, 0.1) is 0 Å². The lowest BCUT2D eigenvalue weighted by Gasteiger charge is -2.16. The van der Waals surface area contributed by atoms with Crippen LogP contribution in [0, 0.1) is 5.92 Å². The van der Waals surface area contributed by atoms with Crippen LogP contribution in [0.4, 0.5) is 0 Å². The zero-order valence-electron chi connectivity index (χ0n) is 9.35. The van der Waals surface area contributed by atoms with Crippen molar-refractivity contribution in [3.05, 3.63) is 0 Å². The predicted octanol–water partition coefficient (Wildman–Crippen LogP) is -0.426. The molecule has 1 aliphatic heterocycles. The van der Waals surface area contributed by atoms with Crippen molar-refractivity contribution in [1.29, 1.82) is 0 Å². The molecule has 4 N–H and O–H groups in total. The van der Waals surface area contributed by atoms with Gasteiger partial charge in [0.25, 0.3) is 0 Å². The standard InChI is InChI=1S/C10H16N2O4S/c11-8(13)2-1-7(10(15)16)12-9(14)6-3-4-17-5-6/h6-7H,1-5H2,(H2,11,13)(H,12,14)(H,15,16). The third-order valence-corrected chi connectivity index (χ3v) is 3.76. The lowest BCUT2D eigenvalue weighted by molar-refractivity contribution is -0.142. The van der Waals surface area contributed by atoms with Crippen molar-refractivity contribution in [3.63, 3.8) is 0 Å². The van der Waals surface area contributed by atoms with E-state index in [4.69, 9.17) is 10.8 Å². The fourth-order valence-corrected chi connectivity index (χ4v) is 2.80. The molecule has 0 radical (unpaired) electrons. The number of amides is 2. The highest BCUT2D eigenvalue weighted by Crippen LogP contribution is 2.23. The molecule has 1 aliphatic rings. The van der Waals surface area contributed by atoms with Gasteiger partial charge in [0.15, 0.2) is 0 Å². The molecule has 7 heteroatoms. The van der Waals surface area contributed by atoms with Crippen LogP contribution < -0.4 is 11.1 Å². The van der Waals surface area contributed by atoms with Gasteiger partial charge >= 0.3 is 5.97 Å². The molecule has 1 rings (SSSR count). The molecule has 1 fully saturated rings. The lowest BCUT2D eigenvalue weighted by Crippen LogP contribution is -2.44. The van der Waals surface area contributed by atoms with E-state index in [1.54, 1.807) is 11.8 Å². The Morgan fingerprint density at radius 1 is 1.47 bits per heavy atom. The zero-order valence-corrected chi connectivity index (χ0v) is 10.2. The highest BCUT2D eigenvalue weighted by atomic mass is 32.2. The minimum Gasteiger partial charge on any atom is -0.480 e. The summed E-state index contributed by atoms with van der Waals surface area (Å²) < 4.78 is 0. The number of carboxylic acid groups (broad SMARTS) is 1. The first-order valence-electron chi connectivity index (χ1n) is 5.40. The molecule has 6 nitrogen and oxygen atoms in total. The molecule has 0 aromatic rings. The number of hydrogen-bond donors (Lipinski definition) is 3. The monoisotopic (exact) mass is 260 g/mol. The van der Waals surface area contributed by atoms with Crippen LogP contribution in [0.3, 0.4) is 0 Å². The van der Waals surface area contributed by atoms with Crippen molar-refractivity contribution in [3.8, 4) is 0 Å². The second-order valence-corrected chi connectivity index (χ2v) is 5.11. The smallest absolute Gasteiger partial charge is 0.326 e. The highest BCUT2D eigenvalue weighted by molar-refractivity contribution is 7.99. The van der Waals surface area contributed by atoms with Crippen LogP contribution in [-0.2, 0) is 14.4 Å². The van der Waals surface area contributed by atoms with E-state index in [1.165, 1.54) is 0 Å². The Kier molecular flexibility index (Phi) is 5.27. The number of hydrogen-bond acceptors (Lipinski definition) is 4. The molecule has 0 bridgehead atoms. The summed E-state index contributed by atoms with van der Waals surface area (Å²) in [5.41, 5.74) is 4.95. The molecule has 17 heavy (non-hydrogen) atoms. The summed E-state index contributed by atoms with van der Waals surface area (Å²) in [6.45, 7) is 0. The number of aliphatic carboxylic acids is 1. The average Bonchev–Trinajstić information content (AvgIpc) is 2.76. The molecule has 0 aromatic heterocycles. The van der Waals surface area contributed by atoms with Crippen molar-refractivity contribution in [1.82, 2.24) is 5.32 Å². The zero-order chi connectivity index (χ0) is 12.8. The van der Waals surface area contributed by atoms with Crippen molar-refractivity contribution in [2.45, 2.75) is 25.3 Å². The van der Waals surface area contributed by atoms with Crippen LogP contribution in [0.15, 0.2) is 0 Å². The number of carbonyl (C=O) groups excluding carboxylic acids is 2. The SMILES string of the molecule is NC(=O)CCC(NC(=O)C1CCSC1)C(=O)O. The van der Waals surface area contributed by atoms with E-state index in [1.807, 2.05) is 0 Å². The maximum Gasteiger partial charge on any atom is 0.326 e. The fourth-order valence-electron chi connectivity index (χ4n) is 1.57.